The molecule has 2 rings (SSSR count). The molecule has 1 aromatic heterocycles. The number of rotatable bonds is 10. The molecule has 1 aromatic carbocycles. The van der Waals surface area contributed by atoms with Crippen molar-refractivity contribution in [3.8, 4) is 11.5 Å². The summed E-state index contributed by atoms with van der Waals surface area (Å²) in [6.07, 6.45) is 2.00. The molecule has 0 bridgehead atoms. The van der Waals surface area contributed by atoms with Crippen LogP contribution in [0.3, 0.4) is 0 Å². The summed E-state index contributed by atoms with van der Waals surface area (Å²) < 4.78 is 16.0. The van der Waals surface area contributed by atoms with Crippen LogP contribution in [0.4, 0.5) is 5.69 Å². The molecule has 0 aliphatic rings. The van der Waals surface area contributed by atoms with Gasteiger partial charge in [-0.15, -0.1) is 0 Å². The fraction of sp³-hybridized carbons (Fsp3) is 0.450. The lowest BCUT2D eigenvalue weighted by molar-refractivity contribution is -0.116. The third-order valence-electron chi connectivity index (χ3n) is 4.33. The molecule has 2 atom stereocenters. The van der Waals surface area contributed by atoms with Crippen LogP contribution < -0.4 is 20.1 Å². The van der Waals surface area contributed by atoms with E-state index in [1.54, 1.807) is 38.7 Å². The van der Waals surface area contributed by atoms with Gasteiger partial charge in [0.05, 0.1) is 32.2 Å². The molecule has 2 aromatic rings. The van der Waals surface area contributed by atoms with E-state index in [0.29, 0.717) is 30.2 Å². The van der Waals surface area contributed by atoms with Gasteiger partial charge in [0.15, 0.2) is 0 Å². The van der Waals surface area contributed by atoms with Crippen molar-refractivity contribution >= 4 is 11.6 Å². The molecule has 0 spiro atoms. The number of anilines is 1. The van der Waals surface area contributed by atoms with E-state index in [1.165, 1.54) is 0 Å². The highest BCUT2D eigenvalue weighted by Crippen LogP contribution is 2.29. The first-order valence-corrected chi connectivity index (χ1v) is 8.89. The van der Waals surface area contributed by atoms with E-state index in [4.69, 9.17) is 13.9 Å². The Morgan fingerprint density at radius 3 is 2.59 bits per heavy atom. The smallest absolute Gasteiger partial charge is 0.226 e. The quantitative estimate of drug-likeness (QED) is 0.665. The number of likely N-dealkylation sites (N-methyl/N-ethyl adjacent to an activating group) is 1. The maximum Gasteiger partial charge on any atom is 0.226 e. The molecule has 2 N–H and O–H groups in total. The second-order valence-electron chi connectivity index (χ2n) is 6.62. The molecule has 7 heteroatoms. The Bertz CT molecular complexity index is 716. The molecule has 1 heterocycles. The van der Waals surface area contributed by atoms with E-state index in [1.807, 2.05) is 33.2 Å². The molecule has 0 saturated carbocycles. The number of carbonyl (C=O) groups excluding carboxylic acids is 1. The predicted molar refractivity (Wildman–Crippen MR) is 105 cm³/mol. The van der Waals surface area contributed by atoms with E-state index in [9.17, 15) is 4.79 Å². The highest BCUT2D eigenvalue weighted by molar-refractivity contribution is 5.92. The number of furan rings is 1. The summed E-state index contributed by atoms with van der Waals surface area (Å²) in [5.74, 6) is 2.05. The maximum absolute atomic E-state index is 12.4. The van der Waals surface area contributed by atoms with Crippen molar-refractivity contribution in [2.45, 2.75) is 25.4 Å². The van der Waals surface area contributed by atoms with Crippen LogP contribution in [0.25, 0.3) is 0 Å². The first kappa shape index (κ1) is 20.8. The number of nitrogens with one attached hydrogen (secondary N) is 2. The van der Waals surface area contributed by atoms with Gasteiger partial charge in [0.2, 0.25) is 5.91 Å². The van der Waals surface area contributed by atoms with Gasteiger partial charge in [-0.05, 0) is 45.3 Å². The van der Waals surface area contributed by atoms with Crippen molar-refractivity contribution in [3.63, 3.8) is 0 Å². The normalized spacial score (nSPS) is 13.3. The number of ether oxygens (including phenoxy) is 2. The van der Waals surface area contributed by atoms with Gasteiger partial charge in [-0.2, -0.15) is 0 Å². The molecule has 0 saturated heterocycles. The molecular weight excluding hydrogens is 346 g/mol. The van der Waals surface area contributed by atoms with Gasteiger partial charge < -0.3 is 24.5 Å². The Morgan fingerprint density at radius 2 is 2.00 bits per heavy atom. The highest BCUT2D eigenvalue weighted by atomic mass is 16.5. The first-order valence-electron chi connectivity index (χ1n) is 8.89. The molecule has 0 aliphatic carbocycles. The fourth-order valence-corrected chi connectivity index (χ4v) is 2.79. The summed E-state index contributed by atoms with van der Waals surface area (Å²) >= 11 is 0. The van der Waals surface area contributed by atoms with Crippen molar-refractivity contribution in [1.29, 1.82) is 0 Å². The fourth-order valence-electron chi connectivity index (χ4n) is 2.79. The molecule has 0 fully saturated rings. The Labute approximate surface area is 160 Å². The third kappa shape index (κ3) is 6.01. The summed E-state index contributed by atoms with van der Waals surface area (Å²) in [6.45, 7) is 2.66. The van der Waals surface area contributed by atoms with Gasteiger partial charge in [-0.1, -0.05) is 0 Å². The SMILES string of the molecule is COc1ccc(OC)c(NC(=O)CC(C)NCC(c2ccco2)N(C)C)c1. The average molecular weight is 375 g/mol. The molecule has 0 aliphatic heterocycles. The van der Waals surface area contributed by atoms with Crippen LogP contribution in [0.5, 0.6) is 11.5 Å². The number of hydrogen-bond acceptors (Lipinski definition) is 6. The molecule has 2 unspecified atom stereocenters. The number of benzene rings is 1. The highest BCUT2D eigenvalue weighted by Gasteiger charge is 2.19. The molecule has 1 amide bonds. The van der Waals surface area contributed by atoms with Gasteiger partial charge in [-0.25, -0.2) is 0 Å². The molecular formula is C20H29N3O4. The summed E-state index contributed by atoms with van der Waals surface area (Å²) in [6, 6.07) is 9.23. The number of hydrogen-bond donors (Lipinski definition) is 2. The van der Waals surface area contributed by atoms with Crippen LogP contribution >= 0.6 is 0 Å². The Hall–Kier alpha value is -2.51. The van der Waals surface area contributed by atoms with Crippen LogP contribution in [0.15, 0.2) is 41.0 Å². The van der Waals surface area contributed by atoms with Crippen LogP contribution in [0, 0.1) is 0 Å². The molecule has 7 nitrogen and oxygen atoms in total. The van der Waals surface area contributed by atoms with Gasteiger partial charge in [0.1, 0.15) is 17.3 Å². The minimum Gasteiger partial charge on any atom is -0.497 e. The van der Waals surface area contributed by atoms with E-state index >= 15 is 0 Å². The molecule has 27 heavy (non-hydrogen) atoms. The van der Waals surface area contributed by atoms with Crippen molar-refractivity contribution in [3.05, 3.63) is 42.4 Å². The van der Waals surface area contributed by atoms with Gasteiger partial charge in [-0.3, -0.25) is 9.69 Å². The van der Waals surface area contributed by atoms with Crippen molar-refractivity contribution in [2.75, 3.05) is 40.2 Å². The van der Waals surface area contributed by atoms with Gasteiger partial charge in [0.25, 0.3) is 0 Å². The minimum absolute atomic E-state index is 0.000912. The van der Waals surface area contributed by atoms with Crippen molar-refractivity contribution in [2.24, 2.45) is 0 Å². The minimum atomic E-state index is -0.0963. The lowest BCUT2D eigenvalue weighted by Gasteiger charge is -2.24. The maximum atomic E-state index is 12.4. The van der Waals surface area contributed by atoms with E-state index in [-0.39, 0.29) is 18.0 Å². The predicted octanol–water partition coefficient (Wildman–Crippen LogP) is 2.91. The van der Waals surface area contributed by atoms with Crippen molar-refractivity contribution in [1.82, 2.24) is 10.2 Å². The van der Waals surface area contributed by atoms with Crippen LogP contribution in [0.2, 0.25) is 0 Å². The standard InChI is InChI=1S/C20H29N3O4/c1-14(21-13-17(23(2)3)19-7-6-10-27-19)11-20(24)22-16-12-15(25-4)8-9-18(16)26-5/h6-10,12,14,17,21H,11,13H2,1-5H3,(H,22,24). The Morgan fingerprint density at radius 1 is 1.22 bits per heavy atom. The van der Waals surface area contributed by atoms with Crippen LogP contribution in [-0.4, -0.2) is 51.7 Å². The van der Waals surface area contributed by atoms with E-state index < -0.39 is 0 Å². The third-order valence-corrected chi connectivity index (χ3v) is 4.33. The Kier molecular flexibility index (Phi) is 7.69. The van der Waals surface area contributed by atoms with Crippen LogP contribution in [0.1, 0.15) is 25.1 Å². The number of methoxy groups -OCH3 is 2. The zero-order chi connectivity index (χ0) is 19.8. The lowest BCUT2D eigenvalue weighted by atomic mass is 10.1. The van der Waals surface area contributed by atoms with Gasteiger partial charge >= 0.3 is 0 Å². The second-order valence-corrected chi connectivity index (χ2v) is 6.62. The summed E-state index contributed by atoms with van der Waals surface area (Å²) in [4.78, 5) is 14.5. The number of amides is 1. The lowest BCUT2D eigenvalue weighted by Crippen LogP contribution is -2.37. The first-order chi connectivity index (χ1) is 12.9. The summed E-state index contributed by atoms with van der Waals surface area (Å²) in [5.41, 5.74) is 0.593. The Balaban J connectivity index is 1.90. The largest absolute Gasteiger partial charge is 0.497 e. The average Bonchev–Trinajstić information content (AvgIpc) is 3.15. The zero-order valence-corrected chi connectivity index (χ0v) is 16.6. The summed E-state index contributed by atoms with van der Waals surface area (Å²) in [7, 11) is 7.15. The summed E-state index contributed by atoms with van der Waals surface area (Å²) in [5, 5.41) is 6.29. The number of nitrogens with zero attached hydrogens (tertiary/aromatic N) is 1. The van der Waals surface area contributed by atoms with E-state index in [2.05, 4.69) is 15.5 Å². The van der Waals surface area contributed by atoms with E-state index in [0.717, 1.165) is 5.76 Å². The molecule has 148 valence electrons. The molecule has 0 radical (unpaired) electrons. The number of carbonyl (C=O) groups is 1. The van der Waals surface area contributed by atoms with Crippen molar-refractivity contribution < 1.29 is 18.7 Å². The topological polar surface area (TPSA) is 76.0 Å². The second kappa shape index (κ2) is 9.99. The monoisotopic (exact) mass is 375 g/mol. The zero-order valence-electron chi connectivity index (χ0n) is 16.6. The van der Waals surface area contributed by atoms with Crippen LogP contribution in [-0.2, 0) is 4.79 Å². The van der Waals surface area contributed by atoms with Gasteiger partial charge in [0, 0.05) is 25.1 Å².